The molecule has 0 aliphatic heterocycles. The predicted molar refractivity (Wildman–Crippen MR) is 92.1 cm³/mol. The van der Waals surface area contributed by atoms with Gasteiger partial charge in [0.25, 0.3) is 5.69 Å². The second kappa shape index (κ2) is 7.45. The second-order valence-electron chi connectivity index (χ2n) is 5.33. The minimum atomic E-state index is -0.662. The Morgan fingerprint density at radius 1 is 1.36 bits per heavy atom. The van der Waals surface area contributed by atoms with Crippen LogP contribution in [0.5, 0.6) is 0 Å². The lowest BCUT2D eigenvalue weighted by Gasteiger charge is -2.09. The molecule has 0 atom stereocenters. The third-order valence-corrected chi connectivity index (χ3v) is 3.70. The highest BCUT2D eigenvalue weighted by molar-refractivity contribution is 5.98. The van der Waals surface area contributed by atoms with Gasteiger partial charge in [-0.2, -0.15) is 5.26 Å². The minimum absolute atomic E-state index is 0.0143. The first-order valence-electron chi connectivity index (χ1n) is 7.61. The lowest BCUT2D eigenvalue weighted by molar-refractivity contribution is -0.384. The maximum absolute atomic E-state index is 11.8. The highest BCUT2D eigenvalue weighted by atomic mass is 16.6. The van der Waals surface area contributed by atoms with E-state index in [1.165, 1.54) is 18.2 Å². The Morgan fingerprint density at radius 2 is 2.00 bits per heavy atom. The molecule has 0 fully saturated rings. The molecule has 2 rings (SSSR count). The number of hydrogen-bond acceptors (Lipinski definition) is 5. The Balaban J connectivity index is 2.46. The standard InChI is InChI=1S/C18H17N3O4/c1-4-25-18(22)15(11-19)10-14-9-12(2)20(13(14)3)16-5-7-17(8-6-16)21(23)24/h5-10H,4H2,1-3H3/b15-10+. The Kier molecular flexibility index (Phi) is 5.35. The van der Waals surface area contributed by atoms with Gasteiger partial charge in [0.2, 0.25) is 0 Å². The number of aryl methyl sites for hydroxylation is 1. The molecule has 1 aromatic heterocycles. The Bertz CT molecular complexity index is 886. The first-order valence-corrected chi connectivity index (χ1v) is 7.61. The Labute approximate surface area is 144 Å². The average molecular weight is 339 g/mol. The van der Waals surface area contributed by atoms with Crippen molar-refractivity contribution in [2.75, 3.05) is 6.61 Å². The fraction of sp³-hybridized carbons (Fsp3) is 0.222. The van der Waals surface area contributed by atoms with Gasteiger partial charge in [-0.05, 0) is 50.6 Å². The molecule has 1 heterocycles. The van der Waals surface area contributed by atoms with Crippen LogP contribution in [-0.2, 0) is 9.53 Å². The molecule has 0 bridgehead atoms. The van der Waals surface area contributed by atoms with Crippen molar-refractivity contribution in [1.29, 1.82) is 5.26 Å². The third-order valence-electron chi connectivity index (χ3n) is 3.70. The number of nitro groups is 1. The lowest BCUT2D eigenvalue weighted by atomic mass is 10.1. The number of nitriles is 1. The van der Waals surface area contributed by atoms with E-state index in [0.29, 0.717) is 5.56 Å². The van der Waals surface area contributed by atoms with Gasteiger partial charge in [-0.1, -0.05) is 0 Å². The van der Waals surface area contributed by atoms with Crippen LogP contribution in [0.2, 0.25) is 0 Å². The summed E-state index contributed by atoms with van der Waals surface area (Å²) in [7, 11) is 0. The second-order valence-corrected chi connectivity index (χ2v) is 5.33. The summed E-state index contributed by atoms with van der Waals surface area (Å²) in [5.41, 5.74) is 3.09. The molecule has 0 radical (unpaired) electrons. The fourth-order valence-electron chi connectivity index (χ4n) is 2.56. The minimum Gasteiger partial charge on any atom is -0.462 e. The van der Waals surface area contributed by atoms with Gasteiger partial charge >= 0.3 is 5.97 Å². The summed E-state index contributed by atoms with van der Waals surface area (Å²) in [5, 5.41) is 19.9. The van der Waals surface area contributed by atoms with E-state index in [0.717, 1.165) is 17.1 Å². The Hall–Kier alpha value is -3.40. The van der Waals surface area contributed by atoms with E-state index in [4.69, 9.17) is 10.00 Å². The maximum atomic E-state index is 11.8. The van der Waals surface area contributed by atoms with E-state index in [1.807, 2.05) is 30.6 Å². The number of aromatic nitrogens is 1. The highest BCUT2D eigenvalue weighted by Gasteiger charge is 2.15. The van der Waals surface area contributed by atoms with E-state index in [9.17, 15) is 14.9 Å². The normalized spacial score (nSPS) is 11.0. The van der Waals surface area contributed by atoms with Crippen LogP contribution < -0.4 is 0 Å². The number of carbonyl (C=O) groups is 1. The zero-order chi connectivity index (χ0) is 18.6. The van der Waals surface area contributed by atoms with Crippen LogP contribution in [-0.4, -0.2) is 22.1 Å². The van der Waals surface area contributed by atoms with Crippen molar-refractivity contribution in [1.82, 2.24) is 4.57 Å². The summed E-state index contributed by atoms with van der Waals surface area (Å²) < 4.78 is 6.76. The van der Waals surface area contributed by atoms with Gasteiger partial charge < -0.3 is 9.30 Å². The molecule has 7 heteroatoms. The molecule has 1 aromatic carbocycles. The number of non-ortho nitro benzene ring substituents is 1. The number of esters is 1. The largest absolute Gasteiger partial charge is 0.462 e. The molecular weight excluding hydrogens is 322 g/mol. The SMILES string of the molecule is CCOC(=O)/C(C#N)=C/c1cc(C)n(-c2ccc([N+](=O)[O-])cc2)c1C. The number of nitrogens with zero attached hydrogens (tertiary/aromatic N) is 3. The molecular formula is C18H17N3O4. The van der Waals surface area contributed by atoms with Crippen molar-refractivity contribution in [3.63, 3.8) is 0 Å². The first-order chi connectivity index (χ1) is 11.9. The van der Waals surface area contributed by atoms with Crippen LogP contribution in [0.15, 0.2) is 35.9 Å². The van der Waals surface area contributed by atoms with Gasteiger partial charge in [0.1, 0.15) is 11.6 Å². The van der Waals surface area contributed by atoms with Crippen LogP contribution in [0.25, 0.3) is 11.8 Å². The number of carbonyl (C=O) groups excluding carboxylic acids is 1. The van der Waals surface area contributed by atoms with Crippen LogP contribution in [0, 0.1) is 35.3 Å². The summed E-state index contributed by atoms with van der Waals surface area (Å²) in [4.78, 5) is 22.1. The summed E-state index contributed by atoms with van der Waals surface area (Å²) in [6, 6.07) is 9.87. The highest BCUT2D eigenvalue weighted by Crippen LogP contribution is 2.24. The van der Waals surface area contributed by atoms with Gasteiger partial charge in [0.05, 0.1) is 11.5 Å². The van der Waals surface area contributed by atoms with Crippen molar-refractivity contribution < 1.29 is 14.5 Å². The molecule has 0 spiro atoms. The number of hydrogen-bond donors (Lipinski definition) is 0. The van der Waals surface area contributed by atoms with Crippen molar-refractivity contribution in [3.05, 3.63) is 63.0 Å². The molecule has 2 aromatic rings. The van der Waals surface area contributed by atoms with E-state index in [-0.39, 0.29) is 17.9 Å². The molecule has 0 unspecified atom stereocenters. The van der Waals surface area contributed by atoms with Crippen LogP contribution in [0.1, 0.15) is 23.9 Å². The van der Waals surface area contributed by atoms with Crippen molar-refractivity contribution in [2.45, 2.75) is 20.8 Å². The fourth-order valence-corrected chi connectivity index (χ4v) is 2.56. The van der Waals surface area contributed by atoms with E-state index in [2.05, 4.69) is 0 Å². The molecule has 0 aliphatic rings. The zero-order valence-corrected chi connectivity index (χ0v) is 14.1. The van der Waals surface area contributed by atoms with Crippen molar-refractivity contribution in [2.24, 2.45) is 0 Å². The van der Waals surface area contributed by atoms with E-state index in [1.54, 1.807) is 19.1 Å². The first kappa shape index (κ1) is 17.9. The summed E-state index contributed by atoms with van der Waals surface area (Å²) in [6.07, 6.45) is 1.49. The third kappa shape index (κ3) is 3.75. The van der Waals surface area contributed by atoms with Crippen molar-refractivity contribution >= 4 is 17.7 Å². The van der Waals surface area contributed by atoms with Crippen LogP contribution in [0.4, 0.5) is 5.69 Å². The molecule has 0 saturated heterocycles. The number of nitro benzene ring substituents is 1. The van der Waals surface area contributed by atoms with Crippen LogP contribution in [0.3, 0.4) is 0 Å². The number of ether oxygens (including phenoxy) is 1. The molecule has 128 valence electrons. The van der Waals surface area contributed by atoms with E-state index < -0.39 is 10.9 Å². The van der Waals surface area contributed by atoms with Gasteiger partial charge in [-0.3, -0.25) is 10.1 Å². The van der Waals surface area contributed by atoms with Gasteiger partial charge in [-0.25, -0.2) is 4.79 Å². The summed E-state index contributed by atoms with van der Waals surface area (Å²) in [6.45, 7) is 5.59. The van der Waals surface area contributed by atoms with Gasteiger partial charge in [0.15, 0.2) is 0 Å². The molecule has 0 N–H and O–H groups in total. The summed E-state index contributed by atoms with van der Waals surface area (Å²) in [5.74, 6) is -0.662. The lowest BCUT2D eigenvalue weighted by Crippen LogP contribution is -2.06. The average Bonchev–Trinajstić information content (AvgIpc) is 2.86. The zero-order valence-electron chi connectivity index (χ0n) is 14.1. The topological polar surface area (TPSA) is 98.2 Å². The number of rotatable bonds is 5. The maximum Gasteiger partial charge on any atom is 0.348 e. The van der Waals surface area contributed by atoms with Gasteiger partial charge in [0, 0.05) is 29.2 Å². The number of benzene rings is 1. The monoisotopic (exact) mass is 339 g/mol. The molecule has 7 nitrogen and oxygen atoms in total. The molecule has 25 heavy (non-hydrogen) atoms. The summed E-state index contributed by atoms with van der Waals surface area (Å²) >= 11 is 0. The molecule has 0 saturated carbocycles. The van der Waals surface area contributed by atoms with E-state index >= 15 is 0 Å². The molecule has 0 aliphatic carbocycles. The quantitative estimate of drug-likeness (QED) is 0.273. The Morgan fingerprint density at radius 3 is 2.52 bits per heavy atom. The smallest absolute Gasteiger partial charge is 0.348 e. The molecule has 0 amide bonds. The van der Waals surface area contributed by atoms with Gasteiger partial charge in [-0.15, -0.1) is 0 Å². The predicted octanol–water partition coefficient (Wildman–Crippen LogP) is 3.47. The van der Waals surface area contributed by atoms with Crippen LogP contribution >= 0.6 is 0 Å². The van der Waals surface area contributed by atoms with Crippen molar-refractivity contribution in [3.8, 4) is 11.8 Å².